The summed E-state index contributed by atoms with van der Waals surface area (Å²) in [6, 6.07) is 6.42. The summed E-state index contributed by atoms with van der Waals surface area (Å²) in [4.78, 5) is 41.4. The van der Waals surface area contributed by atoms with Crippen LogP contribution in [0.2, 0.25) is 5.02 Å². The molecule has 3 aliphatic rings. The zero-order valence-electron chi connectivity index (χ0n) is 16.6. The van der Waals surface area contributed by atoms with Gasteiger partial charge in [-0.05, 0) is 56.8 Å². The number of amides is 3. The van der Waals surface area contributed by atoms with Crippen LogP contribution in [0.1, 0.15) is 51.4 Å². The molecular weight excluding hydrogens is 390 g/mol. The number of anilines is 1. The molecule has 3 amide bonds. The second-order valence-corrected chi connectivity index (χ2v) is 9.04. The molecule has 1 aromatic rings. The lowest BCUT2D eigenvalue weighted by Gasteiger charge is -2.46. The molecule has 0 aromatic heterocycles. The monoisotopic (exact) mass is 417 g/mol. The van der Waals surface area contributed by atoms with Crippen LogP contribution in [0.5, 0.6) is 0 Å². The second-order valence-electron chi connectivity index (χ2n) is 8.63. The lowest BCUT2D eigenvalue weighted by atomic mass is 9.63. The lowest BCUT2D eigenvalue weighted by molar-refractivity contribution is -0.137. The van der Waals surface area contributed by atoms with E-state index >= 15 is 0 Å². The van der Waals surface area contributed by atoms with E-state index in [2.05, 4.69) is 4.90 Å². The Kier molecular flexibility index (Phi) is 5.67. The van der Waals surface area contributed by atoms with E-state index < -0.39 is 11.5 Å². The molecule has 2 heterocycles. The van der Waals surface area contributed by atoms with Crippen molar-refractivity contribution in [3.63, 3.8) is 0 Å². The van der Waals surface area contributed by atoms with Gasteiger partial charge in [-0.2, -0.15) is 0 Å². The first-order valence-corrected chi connectivity index (χ1v) is 11.0. The van der Waals surface area contributed by atoms with E-state index in [4.69, 9.17) is 17.3 Å². The maximum Gasteiger partial charge on any atom is 0.251 e. The highest BCUT2D eigenvalue weighted by molar-refractivity contribution is 6.36. The van der Waals surface area contributed by atoms with Gasteiger partial charge in [0.25, 0.3) is 5.91 Å². The topological polar surface area (TPSA) is 83.7 Å². The van der Waals surface area contributed by atoms with Crippen molar-refractivity contribution in [3.05, 3.63) is 29.3 Å². The highest BCUT2D eigenvalue weighted by Gasteiger charge is 2.50. The van der Waals surface area contributed by atoms with Gasteiger partial charge in [0, 0.05) is 0 Å². The van der Waals surface area contributed by atoms with Crippen molar-refractivity contribution < 1.29 is 14.4 Å². The van der Waals surface area contributed by atoms with Gasteiger partial charge in [0.05, 0.1) is 28.6 Å². The minimum absolute atomic E-state index is 0.150. The molecule has 0 bridgehead atoms. The van der Waals surface area contributed by atoms with E-state index in [1.807, 2.05) is 0 Å². The molecule has 2 N–H and O–H groups in total. The highest BCUT2D eigenvalue weighted by Crippen LogP contribution is 2.46. The molecule has 6 nitrogen and oxygen atoms in total. The summed E-state index contributed by atoms with van der Waals surface area (Å²) in [6.07, 6.45) is 7.14. The van der Waals surface area contributed by atoms with Gasteiger partial charge in [-0.15, -0.1) is 0 Å². The van der Waals surface area contributed by atoms with E-state index in [-0.39, 0.29) is 24.1 Å². The fourth-order valence-electron chi connectivity index (χ4n) is 5.53. The molecule has 156 valence electrons. The van der Waals surface area contributed by atoms with Crippen LogP contribution < -0.4 is 10.6 Å². The number of imide groups is 1. The number of hydrogen-bond donors (Lipinski definition) is 1. The number of likely N-dealkylation sites (tertiary alicyclic amines) is 1. The van der Waals surface area contributed by atoms with Crippen LogP contribution in [-0.4, -0.2) is 41.8 Å². The summed E-state index contributed by atoms with van der Waals surface area (Å²) >= 11 is 6.22. The van der Waals surface area contributed by atoms with E-state index in [0.717, 1.165) is 25.7 Å². The molecule has 0 spiro atoms. The third-order valence-electron chi connectivity index (χ3n) is 7.22. The van der Waals surface area contributed by atoms with Crippen molar-refractivity contribution >= 4 is 35.0 Å². The summed E-state index contributed by atoms with van der Waals surface area (Å²) in [6.45, 7) is 1.22. The SMILES string of the molecule is NC(=O)C1(C2CCCCC2)CCN(C2CC(=O)N(c3ccccc3Cl)C2=O)CC1. The van der Waals surface area contributed by atoms with Gasteiger partial charge in [-0.25, -0.2) is 4.90 Å². The minimum atomic E-state index is -0.490. The van der Waals surface area contributed by atoms with Crippen molar-refractivity contribution in [2.75, 3.05) is 18.0 Å². The molecule has 29 heavy (non-hydrogen) atoms. The first-order chi connectivity index (χ1) is 13.9. The number of carbonyl (C=O) groups excluding carboxylic acids is 3. The molecule has 1 saturated carbocycles. The van der Waals surface area contributed by atoms with Gasteiger partial charge in [-0.3, -0.25) is 19.3 Å². The molecule has 1 unspecified atom stereocenters. The number of halogens is 1. The minimum Gasteiger partial charge on any atom is -0.369 e. The lowest BCUT2D eigenvalue weighted by Crippen LogP contribution is -2.54. The number of rotatable bonds is 4. The summed E-state index contributed by atoms with van der Waals surface area (Å²) in [5, 5.41) is 0.388. The Hall–Kier alpha value is -1.92. The number of hydrogen-bond acceptors (Lipinski definition) is 4. The second kappa shape index (κ2) is 8.07. The fourth-order valence-corrected chi connectivity index (χ4v) is 5.75. The molecular formula is C22H28ClN3O3. The van der Waals surface area contributed by atoms with E-state index in [9.17, 15) is 14.4 Å². The first kappa shape index (κ1) is 20.4. The fraction of sp³-hybridized carbons (Fsp3) is 0.591. The van der Waals surface area contributed by atoms with Gasteiger partial charge < -0.3 is 5.73 Å². The van der Waals surface area contributed by atoms with Crippen molar-refractivity contribution in [2.24, 2.45) is 17.1 Å². The predicted octanol–water partition coefficient (Wildman–Crippen LogP) is 3.12. The highest BCUT2D eigenvalue weighted by atomic mass is 35.5. The average Bonchev–Trinajstić information content (AvgIpc) is 3.03. The zero-order valence-corrected chi connectivity index (χ0v) is 17.4. The Morgan fingerprint density at radius 1 is 1.07 bits per heavy atom. The largest absolute Gasteiger partial charge is 0.369 e. The maximum absolute atomic E-state index is 13.1. The summed E-state index contributed by atoms with van der Waals surface area (Å²) in [5.74, 6) is -0.313. The summed E-state index contributed by atoms with van der Waals surface area (Å²) in [7, 11) is 0. The number of primary amides is 1. The molecule has 2 aliphatic heterocycles. The molecule has 4 rings (SSSR count). The molecule has 1 aromatic carbocycles. The van der Waals surface area contributed by atoms with Crippen LogP contribution in [0, 0.1) is 11.3 Å². The standard InChI is InChI=1S/C22H28ClN3O3/c23-16-8-4-5-9-17(16)26-19(27)14-18(20(26)28)25-12-10-22(11-13-25,21(24)29)15-6-2-1-3-7-15/h4-5,8-9,15,18H,1-3,6-7,10-14H2,(H2,24,29). The smallest absolute Gasteiger partial charge is 0.251 e. The third kappa shape index (κ3) is 3.57. The Bertz CT molecular complexity index is 813. The first-order valence-electron chi connectivity index (χ1n) is 10.6. The van der Waals surface area contributed by atoms with E-state index in [0.29, 0.717) is 42.6 Å². The summed E-state index contributed by atoms with van der Waals surface area (Å²) < 4.78 is 0. The number of nitrogens with zero attached hydrogens (tertiary/aromatic N) is 2. The van der Waals surface area contributed by atoms with Gasteiger partial charge in [0.2, 0.25) is 11.8 Å². The quantitative estimate of drug-likeness (QED) is 0.763. The van der Waals surface area contributed by atoms with Crippen LogP contribution in [0.15, 0.2) is 24.3 Å². The Morgan fingerprint density at radius 3 is 2.34 bits per heavy atom. The molecule has 1 aliphatic carbocycles. The van der Waals surface area contributed by atoms with Crippen molar-refractivity contribution in [1.82, 2.24) is 4.90 Å². The number of nitrogens with two attached hydrogens (primary N) is 1. The number of piperidine rings is 1. The van der Waals surface area contributed by atoms with Gasteiger partial charge >= 0.3 is 0 Å². The van der Waals surface area contributed by atoms with Crippen molar-refractivity contribution in [3.8, 4) is 0 Å². The van der Waals surface area contributed by atoms with Gasteiger partial charge in [-0.1, -0.05) is 43.0 Å². The van der Waals surface area contributed by atoms with Crippen LogP contribution >= 0.6 is 11.6 Å². The zero-order chi connectivity index (χ0) is 20.6. The average molecular weight is 418 g/mol. The Morgan fingerprint density at radius 2 is 1.72 bits per heavy atom. The molecule has 2 saturated heterocycles. The van der Waals surface area contributed by atoms with Crippen molar-refractivity contribution in [2.45, 2.75) is 57.4 Å². The number of carbonyl (C=O) groups is 3. The Balaban J connectivity index is 1.48. The molecule has 3 fully saturated rings. The van der Waals surface area contributed by atoms with Crippen LogP contribution in [0.4, 0.5) is 5.69 Å². The van der Waals surface area contributed by atoms with Crippen LogP contribution in [0.25, 0.3) is 0 Å². The van der Waals surface area contributed by atoms with E-state index in [1.165, 1.54) is 11.3 Å². The summed E-state index contributed by atoms with van der Waals surface area (Å²) in [5.41, 5.74) is 5.87. The molecule has 1 atom stereocenters. The Labute approximate surface area is 176 Å². The molecule has 0 radical (unpaired) electrons. The predicted molar refractivity (Wildman–Crippen MR) is 111 cm³/mol. The number of benzene rings is 1. The number of para-hydroxylation sites is 1. The van der Waals surface area contributed by atoms with Gasteiger partial charge in [0.1, 0.15) is 0 Å². The maximum atomic E-state index is 13.1. The van der Waals surface area contributed by atoms with E-state index in [1.54, 1.807) is 24.3 Å². The van der Waals surface area contributed by atoms with Crippen LogP contribution in [0.3, 0.4) is 0 Å². The van der Waals surface area contributed by atoms with Crippen LogP contribution in [-0.2, 0) is 14.4 Å². The third-order valence-corrected chi connectivity index (χ3v) is 7.54. The van der Waals surface area contributed by atoms with Gasteiger partial charge in [0.15, 0.2) is 0 Å². The van der Waals surface area contributed by atoms with Crippen molar-refractivity contribution in [1.29, 1.82) is 0 Å². The normalized spacial score (nSPS) is 26.1. The molecule has 7 heteroatoms.